The molecule has 0 spiro atoms. The highest BCUT2D eigenvalue weighted by Gasteiger charge is 2.17. The summed E-state index contributed by atoms with van der Waals surface area (Å²) in [5.74, 6) is 0. The van der Waals surface area contributed by atoms with Crippen LogP contribution in [0.2, 0.25) is 0 Å². The van der Waals surface area contributed by atoms with E-state index < -0.39 is 5.60 Å². The van der Waals surface area contributed by atoms with Crippen LogP contribution >= 0.6 is 0 Å². The molecular weight excluding hydrogens is 160 g/mol. The van der Waals surface area contributed by atoms with E-state index in [9.17, 15) is 5.11 Å². The Morgan fingerprint density at radius 1 is 1.31 bits per heavy atom. The molecule has 0 bridgehead atoms. The molecule has 0 heterocycles. The number of aliphatic hydroxyl groups is 1. The van der Waals surface area contributed by atoms with Gasteiger partial charge in [0.15, 0.2) is 0 Å². The predicted molar refractivity (Wildman–Crippen MR) is 54.3 cm³/mol. The molecule has 0 radical (unpaired) electrons. The first-order valence-corrected chi connectivity index (χ1v) is 4.33. The summed E-state index contributed by atoms with van der Waals surface area (Å²) in [6, 6.07) is 9.54. The molecule has 0 saturated carbocycles. The number of hydrogen-bond donors (Lipinski definition) is 1. The summed E-state index contributed by atoms with van der Waals surface area (Å²) in [5, 5.41) is 9.98. The maximum Gasteiger partial charge on any atom is 0.112 e. The lowest BCUT2D eigenvalue weighted by molar-refractivity contribution is 0.111. The summed E-state index contributed by atoms with van der Waals surface area (Å²) < 4.78 is 0. The van der Waals surface area contributed by atoms with E-state index in [1.54, 1.807) is 19.1 Å². The molecule has 1 N–H and O–H groups in total. The Kier molecular flexibility index (Phi) is 3.07. The molecule has 1 unspecified atom stereocenters. The van der Waals surface area contributed by atoms with Gasteiger partial charge in [-0.2, -0.15) is 0 Å². The topological polar surface area (TPSA) is 20.2 Å². The maximum atomic E-state index is 9.98. The van der Waals surface area contributed by atoms with Crippen molar-refractivity contribution in [3.05, 3.63) is 53.8 Å². The average molecular weight is 174 g/mol. The molecule has 0 amide bonds. The van der Waals surface area contributed by atoms with E-state index in [-0.39, 0.29) is 0 Å². The number of benzene rings is 1. The highest BCUT2D eigenvalue weighted by atomic mass is 16.3. The van der Waals surface area contributed by atoms with Gasteiger partial charge in [0.05, 0.1) is 0 Å². The predicted octanol–water partition coefficient (Wildman–Crippen LogP) is 2.63. The Labute approximate surface area is 79.0 Å². The van der Waals surface area contributed by atoms with Crippen molar-refractivity contribution in [2.24, 2.45) is 0 Å². The fourth-order valence-corrected chi connectivity index (χ4v) is 1.10. The summed E-state index contributed by atoms with van der Waals surface area (Å²) in [7, 11) is 0. The van der Waals surface area contributed by atoms with Gasteiger partial charge in [0, 0.05) is 0 Å². The molecule has 1 nitrogen and oxygen atoms in total. The minimum Gasteiger partial charge on any atom is -0.381 e. The van der Waals surface area contributed by atoms with Gasteiger partial charge in [-0.1, -0.05) is 30.3 Å². The van der Waals surface area contributed by atoms with Gasteiger partial charge >= 0.3 is 0 Å². The summed E-state index contributed by atoms with van der Waals surface area (Å²) in [6.45, 7) is 3.62. The minimum absolute atomic E-state index is 0.879. The second kappa shape index (κ2) is 4.08. The quantitative estimate of drug-likeness (QED) is 0.683. The Hall–Kier alpha value is -1.30. The Morgan fingerprint density at radius 3 is 2.46 bits per heavy atom. The highest BCUT2D eigenvalue weighted by Crippen LogP contribution is 2.20. The van der Waals surface area contributed by atoms with Crippen molar-refractivity contribution in [3.8, 4) is 0 Å². The van der Waals surface area contributed by atoms with Crippen molar-refractivity contribution in [2.45, 2.75) is 19.4 Å². The van der Waals surface area contributed by atoms with Crippen LogP contribution < -0.4 is 0 Å². The van der Waals surface area contributed by atoms with Gasteiger partial charge in [-0.3, -0.25) is 0 Å². The third-order valence-electron chi connectivity index (χ3n) is 1.89. The zero-order valence-corrected chi connectivity index (χ0v) is 7.99. The molecule has 1 atom stereocenters. The first kappa shape index (κ1) is 9.79. The maximum absolute atomic E-state index is 9.98. The van der Waals surface area contributed by atoms with Gasteiger partial charge in [-0.25, -0.2) is 0 Å². The molecular formula is C12H14O. The van der Waals surface area contributed by atoms with Crippen molar-refractivity contribution < 1.29 is 5.11 Å². The second-order valence-corrected chi connectivity index (χ2v) is 3.11. The van der Waals surface area contributed by atoms with Crippen LogP contribution in [0, 0.1) is 0 Å². The highest BCUT2D eigenvalue weighted by molar-refractivity contribution is 5.25. The molecule has 13 heavy (non-hydrogen) atoms. The van der Waals surface area contributed by atoms with E-state index in [0.717, 1.165) is 5.56 Å². The molecule has 1 aromatic rings. The van der Waals surface area contributed by atoms with Crippen LogP contribution in [-0.2, 0) is 5.60 Å². The first-order chi connectivity index (χ1) is 6.17. The van der Waals surface area contributed by atoms with E-state index in [1.165, 1.54) is 0 Å². The van der Waals surface area contributed by atoms with Gasteiger partial charge in [-0.05, 0) is 31.6 Å². The van der Waals surface area contributed by atoms with Crippen LogP contribution in [-0.4, -0.2) is 5.11 Å². The SMILES string of the molecule is CC=C=CC(C)(O)c1ccccc1. The van der Waals surface area contributed by atoms with Crippen LogP contribution in [0.25, 0.3) is 0 Å². The number of hydrogen-bond acceptors (Lipinski definition) is 1. The molecule has 0 fully saturated rings. The third-order valence-corrected chi connectivity index (χ3v) is 1.89. The summed E-state index contributed by atoms with van der Waals surface area (Å²) in [4.78, 5) is 0. The monoisotopic (exact) mass is 174 g/mol. The van der Waals surface area contributed by atoms with Crippen molar-refractivity contribution in [3.63, 3.8) is 0 Å². The van der Waals surface area contributed by atoms with Gasteiger partial charge in [0.25, 0.3) is 0 Å². The minimum atomic E-state index is -0.923. The fraction of sp³-hybridized carbons (Fsp3) is 0.250. The molecule has 0 aromatic heterocycles. The lowest BCUT2D eigenvalue weighted by Crippen LogP contribution is -2.16. The van der Waals surface area contributed by atoms with E-state index in [1.807, 2.05) is 37.3 Å². The van der Waals surface area contributed by atoms with Crippen LogP contribution in [0.15, 0.2) is 48.2 Å². The molecule has 1 aromatic carbocycles. The lowest BCUT2D eigenvalue weighted by Gasteiger charge is -2.17. The average Bonchev–Trinajstić information content (AvgIpc) is 2.16. The van der Waals surface area contributed by atoms with Gasteiger partial charge in [0.2, 0.25) is 0 Å². The number of rotatable bonds is 2. The van der Waals surface area contributed by atoms with Crippen molar-refractivity contribution in [1.29, 1.82) is 0 Å². The van der Waals surface area contributed by atoms with Crippen LogP contribution in [0.3, 0.4) is 0 Å². The normalized spacial score (nSPS) is 14.1. The standard InChI is InChI=1S/C12H14O/c1-3-4-10-12(2,13)11-8-6-5-7-9-11/h3,5-10,13H,1-2H3. The smallest absolute Gasteiger partial charge is 0.112 e. The zero-order valence-electron chi connectivity index (χ0n) is 7.99. The van der Waals surface area contributed by atoms with Gasteiger partial charge in [-0.15, -0.1) is 5.73 Å². The second-order valence-electron chi connectivity index (χ2n) is 3.11. The Morgan fingerprint density at radius 2 is 1.92 bits per heavy atom. The van der Waals surface area contributed by atoms with Crippen molar-refractivity contribution in [2.75, 3.05) is 0 Å². The first-order valence-electron chi connectivity index (χ1n) is 4.33. The van der Waals surface area contributed by atoms with Crippen molar-refractivity contribution >= 4 is 0 Å². The van der Waals surface area contributed by atoms with E-state index in [2.05, 4.69) is 5.73 Å². The molecule has 0 aliphatic carbocycles. The van der Waals surface area contributed by atoms with Crippen LogP contribution in [0.4, 0.5) is 0 Å². The third kappa shape index (κ3) is 2.59. The molecule has 1 heteroatoms. The van der Waals surface area contributed by atoms with Gasteiger partial charge < -0.3 is 5.11 Å². The van der Waals surface area contributed by atoms with Gasteiger partial charge in [0.1, 0.15) is 5.60 Å². The largest absolute Gasteiger partial charge is 0.381 e. The molecule has 68 valence electrons. The van der Waals surface area contributed by atoms with Crippen LogP contribution in [0.5, 0.6) is 0 Å². The Balaban J connectivity index is 3.01. The van der Waals surface area contributed by atoms with E-state index in [4.69, 9.17) is 0 Å². The zero-order chi connectivity index (χ0) is 9.73. The van der Waals surface area contributed by atoms with Crippen molar-refractivity contribution in [1.82, 2.24) is 0 Å². The summed E-state index contributed by atoms with van der Waals surface area (Å²) in [6.07, 6.45) is 3.43. The van der Waals surface area contributed by atoms with Crippen LogP contribution in [0.1, 0.15) is 19.4 Å². The van der Waals surface area contributed by atoms with E-state index >= 15 is 0 Å². The molecule has 1 rings (SSSR count). The lowest BCUT2D eigenvalue weighted by atomic mass is 9.96. The molecule has 0 aliphatic heterocycles. The molecule has 0 aliphatic rings. The van der Waals surface area contributed by atoms with E-state index in [0.29, 0.717) is 0 Å². The Bertz CT molecular complexity index is 316. The summed E-state index contributed by atoms with van der Waals surface area (Å²) in [5.41, 5.74) is 2.84. The summed E-state index contributed by atoms with van der Waals surface area (Å²) >= 11 is 0. The fourth-order valence-electron chi connectivity index (χ4n) is 1.10. The molecule has 0 saturated heterocycles.